The minimum atomic E-state index is -1.29. The van der Waals surface area contributed by atoms with Crippen molar-refractivity contribution in [3.05, 3.63) is 47.3 Å². The van der Waals surface area contributed by atoms with E-state index in [-0.39, 0.29) is 17.1 Å². The van der Waals surface area contributed by atoms with Crippen molar-refractivity contribution in [1.82, 2.24) is 9.97 Å². The van der Waals surface area contributed by atoms with E-state index in [9.17, 15) is 14.0 Å². The number of H-pyrrole nitrogens is 1. The molecule has 0 radical (unpaired) electrons. The average Bonchev–Trinajstić information content (AvgIpc) is 2.75. The lowest BCUT2D eigenvalue weighted by molar-refractivity contribution is 0.0686. The fourth-order valence-electron chi connectivity index (χ4n) is 1.63. The van der Waals surface area contributed by atoms with Crippen LogP contribution < -0.4 is 5.32 Å². The van der Waals surface area contributed by atoms with Crippen LogP contribution in [0.4, 0.5) is 10.1 Å². The Morgan fingerprint density at radius 2 is 2.11 bits per heavy atom. The van der Waals surface area contributed by atoms with Gasteiger partial charge < -0.3 is 15.4 Å². The van der Waals surface area contributed by atoms with Gasteiger partial charge in [-0.3, -0.25) is 4.79 Å². The second-order valence-electron chi connectivity index (χ2n) is 3.90. The van der Waals surface area contributed by atoms with Crippen molar-refractivity contribution in [3.63, 3.8) is 0 Å². The van der Waals surface area contributed by atoms with Crippen molar-refractivity contribution >= 4 is 17.6 Å². The van der Waals surface area contributed by atoms with E-state index in [1.807, 2.05) is 0 Å². The zero-order valence-corrected chi connectivity index (χ0v) is 9.90. The number of nitrogens with zero attached hydrogens (tertiary/aromatic N) is 1. The van der Waals surface area contributed by atoms with Gasteiger partial charge in [0.2, 0.25) is 0 Å². The fourth-order valence-corrected chi connectivity index (χ4v) is 1.63. The van der Waals surface area contributed by atoms with E-state index >= 15 is 0 Å². The molecular formula is C12H10FN3O3. The number of halogens is 1. The summed E-state index contributed by atoms with van der Waals surface area (Å²) < 4.78 is 13.2. The number of benzene rings is 1. The summed E-state index contributed by atoms with van der Waals surface area (Å²) >= 11 is 0. The number of carboxylic acids is 1. The molecule has 0 aliphatic rings. The fraction of sp³-hybridized carbons (Fsp3) is 0.0833. The maximum absolute atomic E-state index is 13.2. The van der Waals surface area contributed by atoms with E-state index in [1.165, 1.54) is 6.07 Å². The lowest BCUT2D eigenvalue weighted by Gasteiger charge is -2.05. The summed E-state index contributed by atoms with van der Waals surface area (Å²) in [4.78, 5) is 28.7. The first-order chi connectivity index (χ1) is 8.97. The summed E-state index contributed by atoms with van der Waals surface area (Å²) in [6.45, 7) is 1.68. The van der Waals surface area contributed by atoms with Crippen molar-refractivity contribution in [1.29, 1.82) is 0 Å². The molecule has 0 saturated carbocycles. The van der Waals surface area contributed by atoms with Gasteiger partial charge in [0, 0.05) is 5.69 Å². The summed E-state index contributed by atoms with van der Waals surface area (Å²) in [6, 6.07) is 4.01. The Hall–Kier alpha value is -2.70. The van der Waals surface area contributed by atoms with Gasteiger partial charge in [-0.25, -0.2) is 14.2 Å². The van der Waals surface area contributed by atoms with Gasteiger partial charge in [0.05, 0.1) is 6.33 Å². The van der Waals surface area contributed by atoms with E-state index in [2.05, 4.69) is 15.3 Å². The highest BCUT2D eigenvalue weighted by Gasteiger charge is 2.19. The number of aromatic carboxylic acids is 1. The number of nitrogens with one attached hydrogen (secondary N) is 2. The van der Waals surface area contributed by atoms with Crippen LogP contribution in [-0.2, 0) is 0 Å². The topological polar surface area (TPSA) is 95.1 Å². The standard InChI is InChI=1S/C12H10FN3O3/c1-6-2-7(13)4-8(3-6)16-11(17)9-10(12(18)19)15-5-14-9/h2-5H,1H3,(H,14,15)(H,16,17)(H,18,19). The molecule has 0 spiro atoms. The Labute approximate surface area is 107 Å². The zero-order chi connectivity index (χ0) is 14.0. The van der Waals surface area contributed by atoms with E-state index in [1.54, 1.807) is 13.0 Å². The molecule has 2 rings (SSSR count). The Bertz CT molecular complexity index is 631. The number of rotatable bonds is 3. The van der Waals surface area contributed by atoms with Crippen LogP contribution in [0, 0.1) is 12.7 Å². The number of imidazole rings is 1. The minimum absolute atomic E-state index is 0.238. The molecule has 0 fully saturated rings. The van der Waals surface area contributed by atoms with Gasteiger partial charge in [0.25, 0.3) is 5.91 Å². The number of carbonyl (C=O) groups is 2. The van der Waals surface area contributed by atoms with Crippen LogP contribution >= 0.6 is 0 Å². The smallest absolute Gasteiger partial charge is 0.354 e. The second kappa shape index (κ2) is 4.89. The van der Waals surface area contributed by atoms with E-state index in [4.69, 9.17) is 5.11 Å². The third kappa shape index (κ3) is 2.76. The van der Waals surface area contributed by atoms with Crippen molar-refractivity contribution in [2.75, 3.05) is 5.32 Å². The number of hydrogen-bond donors (Lipinski definition) is 3. The van der Waals surface area contributed by atoms with Crippen molar-refractivity contribution in [2.24, 2.45) is 0 Å². The average molecular weight is 263 g/mol. The predicted molar refractivity (Wildman–Crippen MR) is 64.6 cm³/mol. The van der Waals surface area contributed by atoms with E-state index in [0.717, 1.165) is 12.4 Å². The summed E-state index contributed by atoms with van der Waals surface area (Å²) in [5, 5.41) is 11.2. The molecule has 98 valence electrons. The molecule has 1 aromatic carbocycles. The maximum Gasteiger partial charge on any atom is 0.354 e. The number of carbonyl (C=O) groups excluding carboxylic acids is 1. The molecule has 3 N–H and O–H groups in total. The van der Waals surface area contributed by atoms with Gasteiger partial charge in [-0.05, 0) is 30.7 Å². The van der Waals surface area contributed by atoms with Crippen molar-refractivity contribution < 1.29 is 19.1 Å². The first-order valence-corrected chi connectivity index (χ1v) is 5.32. The second-order valence-corrected chi connectivity index (χ2v) is 3.90. The molecule has 1 aromatic heterocycles. The number of aromatic nitrogens is 2. The monoisotopic (exact) mass is 263 g/mol. The van der Waals surface area contributed by atoms with Crippen LogP contribution in [0.1, 0.15) is 26.5 Å². The van der Waals surface area contributed by atoms with Gasteiger partial charge in [-0.15, -0.1) is 0 Å². The minimum Gasteiger partial charge on any atom is -0.477 e. The first kappa shape index (κ1) is 12.7. The van der Waals surface area contributed by atoms with Crippen LogP contribution in [0.25, 0.3) is 0 Å². The summed E-state index contributed by atoms with van der Waals surface area (Å²) in [5.74, 6) is -2.50. The van der Waals surface area contributed by atoms with Gasteiger partial charge in [0.1, 0.15) is 5.82 Å². The van der Waals surface area contributed by atoms with Crippen molar-refractivity contribution in [3.8, 4) is 0 Å². The molecule has 2 aromatic rings. The normalized spacial score (nSPS) is 10.2. The van der Waals surface area contributed by atoms with Gasteiger partial charge in [0.15, 0.2) is 11.4 Å². The van der Waals surface area contributed by atoms with Gasteiger partial charge >= 0.3 is 5.97 Å². The zero-order valence-electron chi connectivity index (χ0n) is 9.90. The number of aryl methyl sites for hydroxylation is 1. The van der Waals surface area contributed by atoms with Gasteiger partial charge in [-0.2, -0.15) is 0 Å². The van der Waals surface area contributed by atoms with Crippen LogP contribution in [0.5, 0.6) is 0 Å². The number of anilines is 1. The Kier molecular flexibility index (Phi) is 3.28. The molecule has 0 aliphatic carbocycles. The SMILES string of the molecule is Cc1cc(F)cc(NC(=O)c2nc[nH]c2C(=O)O)c1. The maximum atomic E-state index is 13.2. The predicted octanol–water partition coefficient (Wildman–Crippen LogP) is 1.81. The van der Waals surface area contributed by atoms with E-state index in [0.29, 0.717) is 5.56 Å². The lowest BCUT2D eigenvalue weighted by Crippen LogP contribution is -2.16. The first-order valence-electron chi connectivity index (χ1n) is 5.32. The highest BCUT2D eigenvalue weighted by atomic mass is 19.1. The Morgan fingerprint density at radius 3 is 2.74 bits per heavy atom. The third-order valence-electron chi connectivity index (χ3n) is 2.37. The number of hydrogen-bond acceptors (Lipinski definition) is 3. The molecule has 7 heteroatoms. The molecule has 1 heterocycles. The highest BCUT2D eigenvalue weighted by molar-refractivity contribution is 6.08. The molecule has 0 atom stereocenters. The Balaban J connectivity index is 2.25. The lowest BCUT2D eigenvalue weighted by atomic mass is 10.2. The quantitative estimate of drug-likeness (QED) is 0.787. The van der Waals surface area contributed by atoms with Crippen LogP contribution in [0.15, 0.2) is 24.5 Å². The molecular weight excluding hydrogens is 253 g/mol. The highest BCUT2D eigenvalue weighted by Crippen LogP contribution is 2.15. The third-order valence-corrected chi connectivity index (χ3v) is 2.37. The largest absolute Gasteiger partial charge is 0.477 e. The molecule has 6 nitrogen and oxygen atoms in total. The van der Waals surface area contributed by atoms with E-state index < -0.39 is 17.7 Å². The summed E-state index contributed by atoms with van der Waals surface area (Å²) in [6.07, 6.45) is 1.11. The molecule has 0 aliphatic heterocycles. The van der Waals surface area contributed by atoms with Crippen molar-refractivity contribution in [2.45, 2.75) is 6.92 Å². The number of aromatic amines is 1. The molecule has 0 unspecified atom stereocenters. The van der Waals surface area contributed by atoms with Crippen LogP contribution in [0.3, 0.4) is 0 Å². The van der Waals surface area contributed by atoms with Crippen LogP contribution in [0.2, 0.25) is 0 Å². The summed E-state index contributed by atoms with van der Waals surface area (Å²) in [5.41, 5.74) is 0.303. The van der Waals surface area contributed by atoms with Gasteiger partial charge in [-0.1, -0.05) is 0 Å². The van der Waals surface area contributed by atoms with Crippen LogP contribution in [-0.4, -0.2) is 27.0 Å². The molecule has 1 amide bonds. The molecule has 0 bridgehead atoms. The molecule has 0 saturated heterocycles. The Morgan fingerprint density at radius 1 is 1.37 bits per heavy atom. The number of carboxylic acid groups (broad SMARTS) is 1. The summed E-state index contributed by atoms with van der Waals surface area (Å²) in [7, 11) is 0. The molecule has 19 heavy (non-hydrogen) atoms. The number of amides is 1.